The molecule has 1 fully saturated rings. The summed E-state index contributed by atoms with van der Waals surface area (Å²) in [5.74, 6) is -0.138. The summed E-state index contributed by atoms with van der Waals surface area (Å²) in [7, 11) is 1.35. The van der Waals surface area contributed by atoms with Crippen LogP contribution in [0.4, 0.5) is 0 Å². The Hall–Kier alpha value is -0.810. The first-order valence-corrected chi connectivity index (χ1v) is 5.62. The minimum atomic E-state index is -0.293. The van der Waals surface area contributed by atoms with E-state index in [1.165, 1.54) is 7.11 Å². The van der Waals surface area contributed by atoms with E-state index >= 15 is 0 Å². The molecule has 1 rings (SSSR count). The Morgan fingerprint density at radius 2 is 2.00 bits per heavy atom. The number of carbonyl (C=O) groups is 2. The highest BCUT2D eigenvalue weighted by atomic mass is 35.5. The molecule has 1 amide bonds. The lowest BCUT2D eigenvalue weighted by Crippen LogP contribution is -2.50. The number of ether oxygens (including phenoxy) is 1. The van der Waals surface area contributed by atoms with Crippen LogP contribution >= 0.6 is 12.4 Å². The first-order valence-electron chi connectivity index (χ1n) is 5.62. The fraction of sp³-hybridized carbons (Fsp3) is 0.818. The summed E-state index contributed by atoms with van der Waals surface area (Å²) in [6, 6.07) is 0. The highest BCUT2D eigenvalue weighted by molar-refractivity contribution is 5.85. The second-order valence-corrected chi connectivity index (χ2v) is 4.38. The van der Waals surface area contributed by atoms with Gasteiger partial charge in [-0.2, -0.15) is 0 Å². The molecule has 0 aromatic heterocycles. The third-order valence-electron chi connectivity index (χ3n) is 3.12. The first kappa shape index (κ1) is 16.2. The standard InChI is InChI=1S/C11H20N2O3.ClH/c1-7(11(15)16-3)4-13-10(14)8(2)9-5-12-6-9;/h7-9,12H,4-6H2,1-3H3,(H,13,14);1H. The van der Waals surface area contributed by atoms with Gasteiger partial charge in [0.1, 0.15) is 0 Å². The molecule has 6 heteroatoms. The molecule has 0 radical (unpaired) electrons. The molecule has 0 bridgehead atoms. The van der Waals surface area contributed by atoms with E-state index in [2.05, 4.69) is 15.4 Å². The highest BCUT2D eigenvalue weighted by Crippen LogP contribution is 2.15. The van der Waals surface area contributed by atoms with Crippen molar-refractivity contribution in [2.45, 2.75) is 13.8 Å². The van der Waals surface area contributed by atoms with Crippen LogP contribution in [-0.4, -0.2) is 38.6 Å². The normalized spacial score (nSPS) is 18.3. The van der Waals surface area contributed by atoms with Gasteiger partial charge in [0, 0.05) is 12.5 Å². The maximum absolute atomic E-state index is 11.7. The molecule has 1 aliphatic heterocycles. The number of hydrogen-bond donors (Lipinski definition) is 2. The van der Waals surface area contributed by atoms with Gasteiger partial charge in [-0.15, -0.1) is 12.4 Å². The highest BCUT2D eigenvalue weighted by Gasteiger charge is 2.28. The van der Waals surface area contributed by atoms with Crippen molar-refractivity contribution in [3.63, 3.8) is 0 Å². The largest absolute Gasteiger partial charge is 0.469 e. The third kappa shape index (κ3) is 4.52. The number of esters is 1. The molecular weight excluding hydrogens is 244 g/mol. The van der Waals surface area contributed by atoms with Crippen LogP contribution in [0.3, 0.4) is 0 Å². The summed E-state index contributed by atoms with van der Waals surface area (Å²) in [6.07, 6.45) is 0. The monoisotopic (exact) mass is 264 g/mol. The van der Waals surface area contributed by atoms with Crippen molar-refractivity contribution in [3.8, 4) is 0 Å². The quantitative estimate of drug-likeness (QED) is 0.696. The van der Waals surface area contributed by atoms with Gasteiger partial charge in [-0.1, -0.05) is 13.8 Å². The van der Waals surface area contributed by atoms with Crippen molar-refractivity contribution in [1.82, 2.24) is 10.6 Å². The Kier molecular flexibility index (Phi) is 7.15. The van der Waals surface area contributed by atoms with E-state index in [-0.39, 0.29) is 36.1 Å². The molecule has 0 aliphatic carbocycles. The second kappa shape index (κ2) is 7.50. The summed E-state index contributed by atoms with van der Waals surface area (Å²) in [5, 5.41) is 5.91. The molecule has 0 saturated carbocycles. The Bertz CT molecular complexity index is 269. The van der Waals surface area contributed by atoms with E-state index in [0.717, 1.165) is 13.1 Å². The molecule has 2 N–H and O–H groups in total. The molecule has 1 heterocycles. The van der Waals surface area contributed by atoms with Gasteiger partial charge in [-0.25, -0.2) is 0 Å². The lowest BCUT2D eigenvalue weighted by Gasteiger charge is -2.31. The molecule has 17 heavy (non-hydrogen) atoms. The predicted octanol–water partition coefficient (Wildman–Crippen LogP) is 0.189. The summed E-state index contributed by atoms with van der Waals surface area (Å²) in [4.78, 5) is 22.8. The van der Waals surface area contributed by atoms with Crippen LogP contribution in [0.5, 0.6) is 0 Å². The van der Waals surface area contributed by atoms with Crippen molar-refractivity contribution in [1.29, 1.82) is 0 Å². The molecule has 5 nitrogen and oxygen atoms in total. The Labute approximate surface area is 108 Å². The first-order chi connectivity index (χ1) is 7.56. The zero-order valence-electron chi connectivity index (χ0n) is 10.5. The molecule has 0 aromatic rings. The van der Waals surface area contributed by atoms with Gasteiger partial charge in [0.2, 0.25) is 5.91 Å². The van der Waals surface area contributed by atoms with Crippen LogP contribution in [-0.2, 0) is 14.3 Å². The summed E-state index contributed by atoms with van der Waals surface area (Å²) in [6.45, 7) is 5.81. The number of rotatable bonds is 5. The third-order valence-corrected chi connectivity index (χ3v) is 3.12. The van der Waals surface area contributed by atoms with Crippen molar-refractivity contribution in [2.75, 3.05) is 26.7 Å². The Balaban J connectivity index is 0.00000256. The SMILES string of the molecule is COC(=O)C(C)CNC(=O)C(C)C1CNC1.Cl. The number of methoxy groups -OCH3 is 1. The fourth-order valence-electron chi connectivity index (χ4n) is 1.58. The Morgan fingerprint density at radius 3 is 2.41 bits per heavy atom. The van der Waals surface area contributed by atoms with Crippen LogP contribution in [0.2, 0.25) is 0 Å². The number of halogens is 1. The minimum Gasteiger partial charge on any atom is -0.469 e. The van der Waals surface area contributed by atoms with Crippen molar-refractivity contribution < 1.29 is 14.3 Å². The van der Waals surface area contributed by atoms with E-state index in [4.69, 9.17) is 0 Å². The average molecular weight is 265 g/mol. The maximum Gasteiger partial charge on any atom is 0.310 e. The molecule has 100 valence electrons. The average Bonchev–Trinajstić information content (AvgIpc) is 2.21. The van der Waals surface area contributed by atoms with Crippen LogP contribution in [0.1, 0.15) is 13.8 Å². The molecule has 0 spiro atoms. The summed E-state index contributed by atoms with van der Waals surface area (Å²) < 4.78 is 4.58. The van der Waals surface area contributed by atoms with Gasteiger partial charge in [-0.3, -0.25) is 9.59 Å². The molecular formula is C11H21ClN2O3. The van der Waals surface area contributed by atoms with Gasteiger partial charge in [0.25, 0.3) is 0 Å². The number of carbonyl (C=O) groups excluding carboxylic acids is 2. The lowest BCUT2D eigenvalue weighted by atomic mass is 9.88. The smallest absolute Gasteiger partial charge is 0.310 e. The minimum absolute atomic E-state index is 0. The van der Waals surface area contributed by atoms with Crippen LogP contribution < -0.4 is 10.6 Å². The van der Waals surface area contributed by atoms with E-state index < -0.39 is 0 Å². The van der Waals surface area contributed by atoms with E-state index in [1.807, 2.05) is 6.92 Å². The topological polar surface area (TPSA) is 67.4 Å². The van der Waals surface area contributed by atoms with Gasteiger partial charge in [0.15, 0.2) is 0 Å². The van der Waals surface area contributed by atoms with Crippen LogP contribution in [0, 0.1) is 17.8 Å². The van der Waals surface area contributed by atoms with Gasteiger partial charge in [0.05, 0.1) is 13.0 Å². The van der Waals surface area contributed by atoms with Crippen molar-refractivity contribution in [2.24, 2.45) is 17.8 Å². The number of nitrogens with one attached hydrogen (secondary N) is 2. The van der Waals surface area contributed by atoms with Crippen molar-refractivity contribution >= 4 is 24.3 Å². The van der Waals surface area contributed by atoms with Crippen LogP contribution in [0.25, 0.3) is 0 Å². The van der Waals surface area contributed by atoms with Gasteiger partial charge in [-0.05, 0) is 19.0 Å². The van der Waals surface area contributed by atoms with E-state index in [1.54, 1.807) is 6.92 Å². The van der Waals surface area contributed by atoms with E-state index in [0.29, 0.717) is 12.5 Å². The number of amides is 1. The van der Waals surface area contributed by atoms with E-state index in [9.17, 15) is 9.59 Å². The molecule has 2 unspecified atom stereocenters. The number of hydrogen-bond acceptors (Lipinski definition) is 4. The van der Waals surface area contributed by atoms with Crippen LogP contribution in [0.15, 0.2) is 0 Å². The van der Waals surface area contributed by atoms with Gasteiger partial charge >= 0.3 is 5.97 Å². The fourth-order valence-corrected chi connectivity index (χ4v) is 1.58. The maximum atomic E-state index is 11.7. The summed E-state index contributed by atoms with van der Waals surface area (Å²) in [5.41, 5.74) is 0. The molecule has 1 aliphatic rings. The lowest BCUT2D eigenvalue weighted by molar-refractivity contribution is -0.144. The second-order valence-electron chi connectivity index (χ2n) is 4.38. The molecule has 1 saturated heterocycles. The Morgan fingerprint density at radius 1 is 1.41 bits per heavy atom. The molecule has 2 atom stereocenters. The zero-order valence-corrected chi connectivity index (χ0v) is 11.3. The predicted molar refractivity (Wildman–Crippen MR) is 67.0 cm³/mol. The zero-order chi connectivity index (χ0) is 12.1. The summed E-state index contributed by atoms with van der Waals surface area (Å²) >= 11 is 0. The molecule has 0 aromatic carbocycles. The van der Waals surface area contributed by atoms with Gasteiger partial charge < -0.3 is 15.4 Å². The van der Waals surface area contributed by atoms with Crippen molar-refractivity contribution in [3.05, 3.63) is 0 Å².